The van der Waals surface area contributed by atoms with Crippen LogP contribution in [0.4, 0.5) is 0 Å². The molecule has 0 saturated heterocycles. The number of hydrogen-bond acceptors (Lipinski definition) is 5. The van der Waals surface area contributed by atoms with Crippen LogP contribution in [0.3, 0.4) is 0 Å². The van der Waals surface area contributed by atoms with Gasteiger partial charge >= 0.3 is 5.63 Å². The molecular formula is C36H28O5. The maximum absolute atomic E-state index is 13.2. The van der Waals surface area contributed by atoms with Crippen LogP contribution < -0.4 is 19.8 Å². The molecule has 5 aromatic carbocycles. The molecule has 6 aromatic rings. The Balaban J connectivity index is 1.28. The van der Waals surface area contributed by atoms with E-state index in [1.165, 1.54) is 0 Å². The van der Waals surface area contributed by atoms with Gasteiger partial charge in [-0.15, -0.1) is 0 Å². The third-order valence-electron chi connectivity index (χ3n) is 6.64. The Morgan fingerprint density at radius 1 is 0.488 bits per heavy atom. The summed E-state index contributed by atoms with van der Waals surface area (Å²) in [6.07, 6.45) is 0. The summed E-state index contributed by atoms with van der Waals surface area (Å²) in [7, 11) is 0. The smallest absolute Gasteiger partial charge is 0.344 e. The van der Waals surface area contributed by atoms with E-state index in [1.807, 2.05) is 127 Å². The van der Waals surface area contributed by atoms with Gasteiger partial charge in [-0.05, 0) is 52.6 Å². The van der Waals surface area contributed by atoms with Gasteiger partial charge in [-0.1, -0.05) is 91.0 Å². The van der Waals surface area contributed by atoms with Gasteiger partial charge in [-0.25, -0.2) is 4.79 Å². The Labute approximate surface area is 238 Å². The molecule has 0 fully saturated rings. The molecule has 0 amide bonds. The molecule has 0 aliphatic carbocycles. The molecule has 0 aliphatic heterocycles. The van der Waals surface area contributed by atoms with Crippen molar-refractivity contribution in [2.24, 2.45) is 0 Å². The van der Waals surface area contributed by atoms with Gasteiger partial charge in [0, 0.05) is 17.5 Å². The predicted molar refractivity (Wildman–Crippen MR) is 160 cm³/mol. The normalized spacial score (nSPS) is 10.8. The first-order chi connectivity index (χ1) is 20.2. The average molecular weight is 541 g/mol. The minimum absolute atomic E-state index is 0.389. The lowest BCUT2D eigenvalue weighted by Crippen LogP contribution is -2.04. The van der Waals surface area contributed by atoms with Gasteiger partial charge < -0.3 is 18.6 Å². The van der Waals surface area contributed by atoms with Crippen LogP contribution in [0.25, 0.3) is 22.1 Å². The zero-order valence-electron chi connectivity index (χ0n) is 22.4. The number of fused-ring (bicyclic) bond motifs is 1. The van der Waals surface area contributed by atoms with E-state index in [2.05, 4.69) is 0 Å². The molecule has 202 valence electrons. The molecule has 0 saturated carbocycles. The fourth-order valence-corrected chi connectivity index (χ4v) is 4.50. The first-order valence-corrected chi connectivity index (χ1v) is 13.4. The molecular weight excluding hydrogens is 512 g/mol. The van der Waals surface area contributed by atoms with Gasteiger partial charge in [-0.3, -0.25) is 0 Å². The summed E-state index contributed by atoms with van der Waals surface area (Å²) in [4.78, 5) is 13.2. The van der Waals surface area contributed by atoms with Crippen molar-refractivity contribution in [1.82, 2.24) is 0 Å². The molecule has 0 bridgehead atoms. The van der Waals surface area contributed by atoms with Crippen LogP contribution >= 0.6 is 0 Å². The Kier molecular flexibility index (Phi) is 7.77. The van der Waals surface area contributed by atoms with Crippen molar-refractivity contribution in [1.29, 1.82) is 0 Å². The van der Waals surface area contributed by atoms with Crippen LogP contribution in [0.15, 0.2) is 143 Å². The summed E-state index contributed by atoms with van der Waals surface area (Å²) < 4.78 is 23.9. The SMILES string of the molecule is O=c1oc2cc(OCc3ccccc3)ccc2cc1-c1cc(OCc2ccccc2)cc(OCc2ccccc2)c1. The summed E-state index contributed by atoms with van der Waals surface area (Å²) >= 11 is 0. The number of rotatable bonds is 10. The zero-order valence-corrected chi connectivity index (χ0v) is 22.4. The maximum atomic E-state index is 13.2. The van der Waals surface area contributed by atoms with Gasteiger partial charge in [0.1, 0.15) is 42.7 Å². The topological polar surface area (TPSA) is 57.9 Å². The predicted octanol–water partition coefficient (Wildman–Crippen LogP) is 8.20. The van der Waals surface area contributed by atoms with E-state index in [4.69, 9.17) is 18.6 Å². The van der Waals surface area contributed by atoms with Gasteiger partial charge in [0.05, 0.1) is 5.56 Å². The highest BCUT2D eigenvalue weighted by atomic mass is 16.5. The van der Waals surface area contributed by atoms with E-state index < -0.39 is 5.63 Å². The average Bonchev–Trinajstić information content (AvgIpc) is 3.03. The van der Waals surface area contributed by atoms with Gasteiger partial charge in [0.25, 0.3) is 0 Å². The lowest BCUT2D eigenvalue weighted by atomic mass is 10.0. The van der Waals surface area contributed by atoms with Crippen molar-refractivity contribution in [2.75, 3.05) is 0 Å². The van der Waals surface area contributed by atoms with E-state index in [-0.39, 0.29) is 0 Å². The largest absolute Gasteiger partial charge is 0.489 e. The molecule has 6 rings (SSSR count). The lowest BCUT2D eigenvalue weighted by Gasteiger charge is -2.13. The fraction of sp³-hybridized carbons (Fsp3) is 0.0833. The monoisotopic (exact) mass is 540 g/mol. The van der Waals surface area contributed by atoms with Crippen LogP contribution in [0.1, 0.15) is 16.7 Å². The molecule has 0 radical (unpaired) electrons. The molecule has 5 heteroatoms. The van der Waals surface area contributed by atoms with Crippen molar-refractivity contribution >= 4 is 11.0 Å². The third-order valence-corrected chi connectivity index (χ3v) is 6.64. The Morgan fingerprint density at radius 3 is 1.49 bits per heavy atom. The molecule has 0 spiro atoms. The Hall–Kier alpha value is -5.29. The molecule has 1 aromatic heterocycles. The van der Waals surface area contributed by atoms with Crippen LogP contribution in [0, 0.1) is 0 Å². The minimum atomic E-state index is -0.452. The van der Waals surface area contributed by atoms with Crippen molar-refractivity contribution in [2.45, 2.75) is 19.8 Å². The standard InChI is InChI=1S/C36H28O5/c37-36-34(20-29-16-17-31(22-35(29)41-36)38-23-26-10-4-1-5-11-26)30-18-32(39-24-27-12-6-2-7-13-27)21-33(19-30)40-25-28-14-8-3-9-15-28/h1-22H,23-25H2. The van der Waals surface area contributed by atoms with Gasteiger partial charge in [-0.2, -0.15) is 0 Å². The highest BCUT2D eigenvalue weighted by Crippen LogP contribution is 2.32. The summed E-state index contributed by atoms with van der Waals surface area (Å²) in [5.74, 6) is 1.82. The summed E-state index contributed by atoms with van der Waals surface area (Å²) in [5, 5.41) is 0.786. The summed E-state index contributed by atoms with van der Waals surface area (Å²) in [5.41, 5.74) is 4.22. The fourth-order valence-electron chi connectivity index (χ4n) is 4.50. The number of benzene rings is 5. The van der Waals surface area contributed by atoms with Crippen molar-refractivity contribution < 1.29 is 18.6 Å². The quantitative estimate of drug-likeness (QED) is 0.164. The maximum Gasteiger partial charge on any atom is 0.344 e. The first-order valence-electron chi connectivity index (χ1n) is 13.4. The van der Waals surface area contributed by atoms with Gasteiger partial charge in [0.15, 0.2) is 0 Å². The van der Waals surface area contributed by atoms with E-state index in [0.717, 1.165) is 22.1 Å². The van der Waals surface area contributed by atoms with Crippen LogP contribution in [-0.4, -0.2) is 0 Å². The first kappa shape index (κ1) is 26.0. The second kappa shape index (κ2) is 12.3. The minimum Gasteiger partial charge on any atom is -0.489 e. The number of hydrogen-bond donors (Lipinski definition) is 0. The van der Waals surface area contributed by atoms with E-state index in [0.29, 0.717) is 53.8 Å². The molecule has 41 heavy (non-hydrogen) atoms. The van der Waals surface area contributed by atoms with Gasteiger partial charge in [0.2, 0.25) is 0 Å². The summed E-state index contributed by atoms with van der Waals surface area (Å²) in [6, 6.07) is 42.7. The second-order valence-corrected chi connectivity index (χ2v) is 9.66. The van der Waals surface area contributed by atoms with Crippen molar-refractivity contribution in [3.8, 4) is 28.4 Å². The van der Waals surface area contributed by atoms with Crippen LogP contribution in [0.2, 0.25) is 0 Å². The van der Waals surface area contributed by atoms with Crippen molar-refractivity contribution in [3.63, 3.8) is 0 Å². The molecule has 5 nitrogen and oxygen atoms in total. The second-order valence-electron chi connectivity index (χ2n) is 9.66. The third kappa shape index (κ3) is 6.65. The van der Waals surface area contributed by atoms with E-state index in [1.54, 1.807) is 6.07 Å². The summed E-state index contributed by atoms with van der Waals surface area (Å²) in [6.45, 7) is 1.21. The van der Waals surface area contributed by atoms with E-state index >= 15 is 0 Å². The molecule has 0 N–H and O–H groups in total. The molecule has 0 unspecified atom stereocenters. The molecule has 0 aliphatic rings. The Bertz CT molecular complexity index is 1730. The lowest BCUT2D eigenvalue weighted by molar-refractivity contribution is 0.290. The highest BCUT2D eigenvalue weighted by Gasteiger charge is 2.13. The highest BCUT2D eigenvalue weighted by molar-refractivity contribution is 5.83. The zero-order chi connectivity index (χ0) is 27.9. The molecule has 0 atom stereocenters. The molecule has 1 heterocycles. The number of ether oxygens (including phenoxy) is 3. The Morgan fingerprint density at radius 2 is 0.976 bits per heavy atom. The van der Waals surface area contributed by atoms with Crippen LogP contribution in [-0.2, 0) is 19.8 Å². The van der Waals surface area contributed by atoms with Crippen LogP contribution in [0.5, 0.6) is 17.2 Å². The van der Waals surface area contributed by atoms with Crippen molar-refractivity contribution in [3.05, 3.63) is 161 Å². The van der Waals surface area contributed by atoms with E-state index in [9.17, 15) is 4.79 Å².